The number of halogens is 2. The van der Waals surface area contributed by atoms with Crippen LogP contribution in [0.1, 0.15) is 29.5 Å². The Morgan fingerprint density at radius 2 is 1.92 bits per heavy atom. The number of carboxylic acid groups (broad SMARTS) is 1. The van der Waals surface area contributed by atoms with Gasteiger partial charge in [0, 0.05) is 28.4 Å². The van der Waals surface area contributed by atoms with Crippen molar-refractivity contribution in [3.8, 4) is 0 Å². The Balaban J connectivity index is 2.03. The van der Waals surface area contributed by atoms with Crippen LogP contribution in [0.25, 0.3) is 0 Å². The number of hydrogen-bond donors (Lipinski definition) is 1. The Labute approximate surface area is 165 Å². The molecule has 0 radical (unpaired) electrons. The van der Waals surface area contributed by atoms with Gasteiger partial charge in [-0.15, -0.1) is 0 Å². The van der Waals surface area contributed by atoms with E-state index in [2.05, 4.69) is 28.1 Å². The third kappa shape index (κ3) is 3.64. The minimum Gasteiger partial charge on any atom is -0.480 e. The molecule has 0 saturated carbocycles. The van der Waals surface area contributed by atoms with Crippen LogP contribution in [-0.4, -0.2) is 35.5 Å². The number of amides is 1. The maximum Gasteiger partial charge on any atom is 0.323 e. The zero-order valence-corrected chi connectivity index (χ0v) is 16.7. The highest BCUT2D eigenvalue weighted by Gasteiger charge is 2.42. The molecular weight excluding hydrogens is 418 g/mol. The van der Waals surface area contributed by atoms with Crippen LogP contribution in [0, 0.1) is 0 Å². The molecule has 0 saturated heterocycles. The zero-order chi connectivity index (χ0) is 18.9. The van der Waals surface area contributed by atoms with E-state index in [1.54, 1.807) is 0 Å². The molecule has 1 aliphatic rings. The lowest BCUT2D eigenvalue weighted by atomic mass is 9.72. The molecular formula is C20H19BrClNO3. The van der Waals surface area contributed by atoms with Crippen molar-refractivity contribution in [2.75, 3.05) is 13.6 Å². The first-order chi connectivity index (χ1) is 12.3. The lowest BCUT2D eigenvalue weighted by Crippen LogP contribution is -2.38. The van der Waals surface area contributed by atoms with E-state index in [1.165, 1.54) is 17.5 Å². The summed E-state index contributed by atoms with van der Waals surface area (Å²) >= 11 is 9.56. The third-order valence-corrected chi connectivity index (χ3v) is 5.80. The summed E-state index contributed by atoms with van der Waals surface area (Å²) in [7, 11) is 1.53. The molecule has 26 heavy (non-hydrogen) atoms. The number of likely N-dealkylation sites (N-methyl/N-ethyl adjacent to an activating group) is 1. The van der Waals surface area contributed by atoms with Crippen molar-refractivity contribution in [2.45, 2.75) is 24.7 Å². The molecule has 2 aromatic carbocycles. The van der Waals surface area contributed by atoms with E-state index < -0.39 is 11.4 Å². The van der Waals surface area contributed by atoms with E-state index in [0.29, 0.717) is 5.02 Å². The summed E-state index contributed by atoms with van der Waals surface area (Å²) in [5.41, 5.74) is 2.90. The third-order valence-electron chi connectivity index (χ3n) is 5.05. The second-order valence-corrected chi connectivity index (χ2v) is 8.06. The molecule has 2 aromatic rings. The number of carboxylic acids is 1. The topological polar surface area (TPSA) is 57.6 Å². The Kier molecular flexibility index (Phi) is 5.39. The first-order valence-electron chi connectivity index (χ1n) is 8.32. The fourth-order valence-electron chi connectivity index (χ4n) is 3.76. The van der Waals surface area contributed by atoms with E-state index in [4.69, 9.17) is 16.7 Å². The van der Waals surface area contributed by atoms with Crippen molar-refractivity contribution < 1.29 is 14.7 Å². The van der Waals surface area contributed by atoms with E-state index in [0.717, 1.165) is 28.4 Å². The Morgan fingerprint density at radius 1 is 1.23 bits per heavy atom. The average molecular weight is 437 g/mol. The van der Waals surface area contributed by atoms with Crippen LogP contribution in [0.3, 0.4) is 0 Å². The number of nitrogens with zero attached hydrogens (tertiary/aromatic N) is 1. The molecule has 0 unspecified atom stereocenters. The van der Waals surface area contributed by atoms with E-state index in [-0.39, 0.29) is 18.9 Å². The molecule has 3 rings (SSSR count). The molecule has 1 atom stereocenters. The standard InChI is InChI=1S/C20H19BrClNO3/c1-23(12-19(25)26)18(24)11-20(14-2-5-16(22)6-3-14)9-8-13-10-15(21)4-7-17(13)20/h2-7,10H,8-9,11-12H2,1H3,(H,25,26)/t20-/m1/s1. The number of carbonyl (C=O) groups excluding carboxylic acids is 1. The Bertz CT molecular complexity index is 853. The summed E-state index contributed by atoms with van der Waals surface area (Å²) in [5.74, 6) is -1.20. The van der Waals surface area contributed by atoms with E-state index in [9.17, 15) is 9.59 Å². The highest BCUT2D eigenvalue weighted by molar-refractivity contribution is 9.10. The van der Waals surface area contributed by atoms with Crippen LogP contribution >= 0.6 is 27.5 Å². The van der Waals surface area contributed by atoms with Gasteiger partial charge in [0.2, 0.25) is 5.91 Å². The number of aryl methyl sites for hydroxylation is 1. The van der Waals surface area contributed by atoms with Gasteiger partial charge in [0.25, 0.3) is 0 Å². The van der Waals surface area contributed by atoms with Crippen molar-refractivity contribution in [3.63, 3.8) is 0 Å². The summed E-state index contributed by atoms with van der Waals surface area (Å²) in [6, 6.07) is 13.7. The molecule has 0 spiro atoms. The van der Waals surface area contributed by atoms with Crippen molar-refractivity contribution in [3.05, 3.63) is 68.7 Å². The monoisotopic (exact) mass is 435 g/mol. The number of carbonyl (C=O) groups is 2. The first-order valence-corrected chi connectivity index (χ1v) is 9.49. The average Bonchev–Trinajstić information content (AvgIpc) is 2.93. The summed E-state index contributed by atoms with van der Waals surface area (Å²) in [6.45, 7) is -0.303. The van der Waals surface area contributed by atoms with Gasteiger partial charge in [-0.05, 0) is 53.8 Å². The maximum atomic E-state index is 12.8. The molecule has 6 heteroatoms. The highest BCUT2D eigenvalue weighted by Crippen LogP contribution is 2.47. The molecule has 4 nitrogen and oxygen atoms in total. The van der Waals surface area contributed by atoms with E-state index in [1.807, 2.05) is 30.3 Å². The van der Waals surface area contributed by atoms with Crippen molar-refractivity contribution in [1.29, 1.82) is 0 Å². The van der Waals surface area contributed by atoms with Crippen LogP contribution < -0.4 is 0 Å². The molecule has 0 bridgehead atoms. The molecule has 1 aliphatic carbocycles. The summed E-state index contributed by atoms with van der Waals surface area (Å²) in [4.78, 5) is 25.0. The first kappa shape index (κ1) is 18.9. The Morgan fingerprint density at radius 3 is 2.58 bits per heavy atom. The second kappa shape index (κ2) is 7.41. The van der Waals surface area contributed by atoms with Gasteiger partial charge in [-0.2, -0.15) is 0 Å². The number of rotatable bonds is 5. The fraction of sp³-hybridized carbons (Fsp3) is 0.300. The predicted octanol–water partition coefficient (Wildman–Crippen LogP) is 4.27. The molecule has 0 heterocycles. The normalized spacial score (nSPS) is 18.4. The van der Waals surface area contributed by atoms with Gasteiger partial charge in [0.05, 0.1) is 0 Å². The quantitative estimate of drug-likeness (QED) is 0.761. The lowest BCUT2D eigenvalue weighted by molar-refractivity contribution is -0.143. The highest BCUT2D eigenvalue weighted by atomic mass is 79.9. The van der Waals surface area contributed by atoms with Crippen LogP contribution in [0.15, 0.2) is 46.9 Å². The number of benzene rings is 2. The largest absolute Gasteiger partial charge is 0.480 e. The number of aliphatic carboxylic acids is 1. The van der Waals surface area contributed by atoms with Gasteiger partial charge < -0.3 is 10.0 Å². The van der Waals surface area contributed by atoms with Crippen molar-refractivity contribution in [1.82, 2.24) is 4.90 Å². The second-order valence-electron chi connectivity index (χ2n) is 6.71. The number of fused-ring (bicyclic) bond motifs is 1. The summed E-state index contributed by atoms with van der Waals surface area (Å²) < 4.78 is 1.01. The molecule has 0 aliphatic heterocycles. The minimum absolute atomic E-state index is 0.182. The summed E-state index contributed by atoms with van der Waals surface area (Å²) in [6.07, 6.45) is 1.90. The van der Waals surface area contributed by atoms with Gasteiger partial charge in [-0.25, -0.2) is 0 Å². The van der Waals surface area contributed by atoms with Crippen LogP contribution in [0.2, 0.25) is 5.02 Å². The molecule has 1 amide bonds. The summed E-state index contributed by atoms with van der Waals surface area (Å²) in [5, 5.41) is 9.63. The smallest absolute Gasteiger partial charge is 0.323 e. The van der Waals surface area contributed by atoms with E-state index >= 15 is 0 Å². The lowest BCUT2D eigenvalue weighted by Gasteiger charge is -2.32. The minimum atomic E-state index is -1.02. The van der Waals surface area contributed by atoms with Gasteiger partial charge >= 0.3 is 5.97 Å². The van der Waals surface area contributed by atoms with Gasteiger partial charge in [0.15, 0.2) is 0 Å². The van der Waals surface area contributed by atoms with Crippen LogP contribution in [0.4, 0.5) is 0 Å². The molecule has 136 valence electrons. The zero-order valence-electron chi connectivity index (χ0n) is 14.3. The molecule has 0 fully saturated rings. The van der Waals surface area contributed by atoms with Crippen molar-refractivity contribution in [2.24, 2.45) is 0 Å². The van der Waals surface area contributed by atoms with Gasteiger partial charge in [-0.3, -0.25) is 9.59 Å². The van der Waals surface area contributed by atoms with Crippen molar-refractivity contribution >= 4 is 39.4 Å². The Hall–Kier alpha value is -1.85. The SMILES string of the molecule is CN(CC(=O)O)C(=O)C[C@@]1(c2ccc(Cl)cc2)CCc2cc(Br)ccc21. The predicted molar refractivity (Wildman–Crippen MR) is 105 cm³/mol. The van der Waals surface area contributed by atoms with Gasteiger partial charge in [-0.1, -0.05) is 45.7 Å². The fourth-order valence-corrected chi connectivity index (χ4v) is 4.29. The number of hydrogen-bond acceptors (Lipinski definition) is 2. The molecule has 0 aromatic heterocycles. The van der Waals surface area contributed by atoms with Crippen LogP contribution in [0.5, 0.6) is 0 Å². The maximum absolute atomic E-state index is 12.8. The van der Waals surface area contributed by atoms with Gasteiger partial charge in [0.1, 0.15) is 6.54 Å². The van der Waals surface area contributed by atoms with Crippen LogP contribution in [-0.2, 0) is 21.4 Å². The molecule has 1 N–H and O–H groups in total.